The molecular formula is C16H20ClN3O3. The summed E-state index contributed by atoms with van der Waals surface area (Å²) in [6.45, 7) is 3.62. The molecule has 2 rings (SSSR count). The van der Waals surface area contributed by atoms with Gasteiger partial charge in [0.15, 0.2) is 0 Å². The predicted octanol–water partition coefficient (Wildman–Crippen LogP) is 1.15. The van der Waals surface area contributed by atoms with E-state index in [-0.39, 0.29) is 24.3 Å². The predicted molar refractivity (Wildman–Crippen MR) is 87.2 cm³/mol. The van der Waals surface area contributed by atoms with Gasteiger partial charge < -0.3 is 15.1 Å². The topological polar surface area (TPSA) is 69.7 Å². The second-order valence-electron chi connectivity index (χ2n) is 5.31. The van der Waals surface area contributed by atoms with E-state index >= 15 is 0 Å². The van der Waals surface area contributed by atoms with Gasteiger partial charge in [0.1, 0.15) is 0 Å². The monoisotopic (exact) mass is 337 g/mol. The molecule has 1 saturated heterocycles. The molecule has 6 nitrogen and oxygen atoms in total. The lowest BCUT2D eigenvalue weighted by atomic mass is 10.2. The number of carbonyl (C=O) groups excluding carboxylic acids is 3. The van der Waals surface area contributed by atoms with Crippen LogP contribution in [0.5, 0.6) is 0 Å². The van der Waals surface area contributed by atoms with E-state index in [9.17, 15) is 14.4 Å². The van der Waals surface area contributed by atoms with Gasteiger partial charge in [-0.15, -0.1) is 0 Å². The smallest absolute Gasteiger partial charge is 0.254 e. The second-order valence-corrected chi connectivity index (χ2v) is 5.75. The minimum atomic E-state index is -0.145. The number of amides is 3. The molecule has 1 aromatic carbocycles. The maximum absolute atomic E-state index is 12.4. The highest BCUT2D eigenvalue weighted by atomic mass is 35.5. The zero-order valence-electron chi connectivity index (χ0n) is 13.0. The Morgan fingerprint density at radius 1 is 1.13 bits per heavy atom. The largest absolute Gasteiger partial charge is 0.347 e. The van der Waals surface area contributed by atoms with Crippen LogP contribution >= 0.6 is 11.6 Å². The molecule has 1 N–H and O–H groups in total. The normalized spacial score (nSPS) is 14.5. The number of nitrogens with zero attached hydrogens (tertiary/aromatic N) is 2. The highest BCUT2D eigenvalue weighted by molar-refractivity contribution is 6.30. The maximum Gasteiger partial charge on any atom is 0.254 e. The summed E-state index contributed by atoms with van der Waals surface area (Å²) in [5.74, 6) is -0.353. The molecule has 23 heavy (non-hydrogen) atoms. The molecule has 0 saturated carbocycles. The molecule has 1 aliphatic rings. The lowest BCUT2D eigenvalue weighted by Gasteiger charge is -2.34. The van der Waals surface area contributed by atoms with Crippen LogP contribution in [0.2, 0.25) is 5.02 Å². The van der Waals surface area contributed by atoms with Gasteiger partial charge in [0, 0.05) is 43.2 Å². The van der Waals surface area contributed by atoms with Crippen molar-refractivity contribution in [3.8, 4) is 0 Å². The summed E-state index contributed by atoms with van der Waals surface area (Å²) in [4.78, 5) is 38.9. The van der Waals surface area contributed by atoms with Crippen molar-refractivity contribution in [2.45, 2.75) is 13.3 Å². The molecule has 1 aliphatic heterocycles. The first-order valence-electron chi connectivity index (χ1n) is 7.60. The summed E-state index contributed by atoms with van der Waals surface area (Å²) < 4.78 is 0. The Hall–Kier alpha value is -2.08. The Labute approximate surface area is 140 Å². The molecule has 0 radical (unpaired) electrons. The average molecular weight is 338 g/mol. The van der Waals surface area contributed by atoms with E-state index in [1.165, 1.54) is 0 Å². The summed E-state index contributed by atoms with van der Waals surface area (Å²) in [5.41, 5.74) is 0.549. The van der Waals surface area contributed by atoms with Gasteiger partial charge in [-0.1, -0.05) is 24.6 Å². The Kier molecular flexibility index (Phi) is 5.98. The van der Waals surface area contributed by atoms with Crippen LogP contribution in [0.4, 0.5) is 0 Å². The van der Waals surface area contributed by atoms with Gasteiger partial charge in [0.05, 0.1) is 6.54 Å². The lowest BCUT2D eigenvalue weighted by Crippen LogP contribution is -2.52. The Morgan fingerprint density at radius 3 is 2.39 bits per heavy atom. The number of rotatable bonds is 4. The van der Waals surface area contributed by atoms with Crippen LogP contribution in [0, 0.1) is 0 Å². The van der Waals surface area contributed by atoms with E-state index in [4.69, 9.17) is 11.6 Å². The third kappa shape index (κ3) is 4.69. The van der Waals surface area contributed by atoms with E-state index in [1.807, 2.05) is 0 Å². The summed E-state index contributed by atoms with van der Waals surface area (Å²) in [7, 11) is 0. The zero-order valence-corrected chi connectivity index (χ0v) is 13.8. The van der Waals surface area contributed by atoms with Crippen molar-refractivity contribution in [2.75, 3.05) is 32.7 Å². The van der Waals surface area contributed by atoms with Crippen LogP contribution in [-0.4, -0.2) is 60.2 Å². The number of carbonyl (C=O) groups is 3. The molecule has 0 unspecified atom stereocenters. The van der Waals surface area contributed by atoms with Gasteiger partial charge in [0.2, 0.25) is 11.8 Å². The fourth-order valence-corrected chi connectivity index (χ4v) is 2.56. The van der Waals surface area contributed by atoms with E-state index in [0.29, 0.717) is 43.2 Å². The fraction of sp³-hybridized carbons (Fsp3) is 0.438. The molecule has 0 aliphatic carbocycles. The molecular weight excluding hydrogens is 318 g/mol. The highest BCUT2D eigenvalue weighted by Gasteiger charge is 2.24. The second kappa shape index (κ2) is 7.97. The molecule has 0 aromatic heterocycles. The van der Waals surface area contributed by atoms with Gasteiger partial charge in [-0.05, 0) is 18.2 Å². The van der Waals surface area contributed by atoms with E-state index in [1.54, 1.807) is 41.0 Å². The van der Waals surface area contributed by atoms with Crippen molar-refractivity contribution in [1.82, 2.24) is 15.1 Å². The lowest BCUT2D eigenvalue weighted by molar-refractivity contribution is -0.134. The number of nitrogens with one attached hydrogen (secondary N) is 1. The molecule has 0 bridgehead atoms. The number of hydrogen-bond donors (Lipinski definition) is 1. The molecule has 1 aromatic rings. The first-order valence-corrected chi connectivity index (χ1v) is 7.98. The van der Waals surface area contributed by atoms with Gasteiger partial charge in [-0.25, -0.2) is 0 Å². The first kappa shape index (κ1) is 17.3. The molecule has 0 spiro atoms. The number of benzene rings is 1. The summed E-state index contributed by atoms with van der Waals surface area (Å²) in [5, 5.41) is 3.09. The van der Waals surface area contributed by atoms with Gasteiger partial charge >= 0.3 is 0 Å². The summed E-state index contributed by atoms with van der Waals surface area (Å²) in [6, 6.07) is 6.83. The van der Waals surface area contributed by atoms with Crippen molar-refractivity contribution >= 4 is 29.3 Å². The number of halogens is 1. The van der Waals surface area contributed by atoms with Crippen molar-refractivity contribution in [3.05, 3.63) is 34.9 Å². The summed E-state index contributed by atoms with van der Waals surface area (Å²) >= 11 is 5.91. The Bertz CT molecular complexity index is 598. The van der Waals surface area contributed by atoms with Crippen LogP contribution in [0.1, 0.15) is 23.7 Å². The Morgan fingerprint density at radius 2 is 1.78 bits per heavy atom. The van der Waals surface area contributed by atoms with Crippen LogP contribution in [0.25, 0.3) is 0 Å². The maximum atomic E-state index is 12.4. The Balaban J connectivity index is 1.85. The van der Waals surface area contributed by atoms with Crippen molar-refractivity contribution < 1.29 is 14.4 Å². The van der Waals surface area contributed by atoms with E-state index in [2.05, 4.69) is 5.32 Å². The van der Waals surface area contributed by atoms with Crippen LogP contribution in [0.3, 0.4) is 0 Å². The first-order chi connectivity index (χ1) is 11.0. The van der Waals surface area contributed by atoms with Gasteiger partial charge in [-0.3, -0.25) is 14.4 Å². The molecule has 1 heterocycles. The zero-order chi connectivity index (χ0) is 16.8. The minimum Gasteiger partial charge on any atom is -0.347 e. The minimum absolute atomic E-state index is 0.00884. The van der Waals surface area contributed by atoms with Crippen LogP contribution in [-0.2, 0) is 9.59 Å². The van der Waals surface area contributed by atoms with Crippen molar-refractivity contribution in [3.63, 3.8) is 0 Å². The standard InChI is InChI=1S/C16H20ClN3O3/c1-2-14(21)18-11-15(22)19-6-8-20(9-7-19)16(23)12-4-3-5-13(17)10-12/h3-5,10H,2,6-9,11H2,1H3,(H,18,21). The molecule has 0 atom stereocenters. The molecule has 7 heteroatoms. The third-order valence-electron chi connectivity index (χ3n) is 3.75. The summed E-state index contributed by atoms with van der Waals surface area (Å²) in [6.07, 6.45) is 0.356. The quantitative estimate of drug-likeness (QED) is 0.896. The van der Waals surface area contributed by atoms with E-state index in [0.717, 1.165) is 0 Å². The van der Waals surface area contributed by atoms with Gasteiger partial charge in [-0.2, -0.15) is 0 Å². The van der Waals surface area contributed by atoms with E-state index < -0.39 is 0 Å². The van der Waals surface area contributed by atoms with Crippen molar-refractivity contribution in [1.29, 1.82) is 0 Å². The SMILES string of the molecule is CCC(=O)NCC(=O)N1CCN(C(=O)c2cccc(Cl)c2)CC1. The molecule has 3 amide bonds. The third-order valence-corrected chi connectivity index (χ3v) is 3.98. The van der Waals surface area contributed by atoms with Crippen LogP contribution < -0.4 is 5.32 Å². The van der Waals surface area contributed by atoms with Gasteiger partial charge in [0.25, 0.3) is 5.91 Å². The van der Waals surface area contributed by atoms with Crippen LogP contribution in [0.15, 0.2) is 24.3 Å². The molecule has 124 valence electrons. The highest BCUT2D eigenvalue weighted by Crippen LogP contribution is 2.14. The fourth-order valence-electron chi connectivity index (χ4n) is 2.37. The number of piperazine rings is 1. The average Bonchev–Trinajstić information content (AvgIpc) is 2.58. The van der Waals surface area contributed by atoms with Crippen molar-refractivity contribution in [2.24, 2.45) is 0 Å². The molecule has 1 fully saturated rings. The number of hydrogen-bond acceptors (Lipinski definition) is 3.